The number of nitrogen functional groups attached to an aromatic ring is 1. The number of aromatic nitrogens is 3. The van der Waals surface area contributed by atoms with Crippen LogP contribution < -0.4 is 5.73 Å². The van der Waals surface area contributed by atoms with E-state index in [0.717, 1.165) is 25.3 Å². The van der Waals surface area contributed by atoms with Gasteiger partial charge in [-0.3, -0.25) is 9.30 Å². The molecule has 1 aliphatic rings. The number of hydrogen-bond acceptors (Lipinski definition) is 4. The van der Waals surface area contributed by atoms with E-state index in [0.29, 0.717) is 17.5 Å². The van der Waals surface area contributed by atoms with Crippen LogP contribution in [0, 0.1) is 5.82 Å². The van der Waals surface area contributed by atoms with Gasteiger partial charge in [0.2, 0.25) is 5.95 Å². The predicted molar refractivity (Wildman–Crippen MR) is 124 cm³/mol. The van der Waals surface area contributed by atoms with Crippen molar-refractivity contribution in [3.63, 3.8) is 0 Å². The number of para-hydroxylation sites is 1. The van der Waals surface area contributed by atoms with Gasteiger partial charge < -0.3 is 5.73 Å². The Balaban J connectivity index is 1.27. The molecule has 0 unspecified atom stereocenters. The van der Waals surface area contributed by atoms with Crippen LogP contribution in [0.1, 0.15) is 27.9 Å². The molecule has 0 fully saturated rings. The van der Waals surface area contributed by atoms with E-state index in [1.165, 1.54) is 28.3 Å². The Morgan fingerprint density at radius 1 is 0.875 bits per heavy atom. The highest BCUT2D eigenvalue weighted by Gasteiger charge is 2.20. The van der Waals surface area contributed by atoms with Crippen LogP contribution in [0.5, 0.6) is 0 Å². The maximum atomic E-state index is 14.2. The highest BCUT2D eigenvalue weighted by Crippen LogP contribution is 2.27. The number of fused-ring (bicyclic) bond motifs is 4. The van der Waals surface area contributed by atoms with Gasteiger partial charge in [0, 0.05) is 37.6 Å². The molecule has 0 radical (unpaired) electrons. The van der Waals surface area contributed by atoms with Crippen molar-refractivity contribution in [2.24, 2.45) is 0 Å². The molecular weight excluding hydrogens is 401 g/mol. The van der Waals surface area contributed by atoms with Gasteiger partial charge in [-0.2, -0.15) is 0 Å². The fourth-order valence-corrected chi connectivity index (χ4v) is 4.65. The van der Waals surface area contributed by atoms with Gasteiger partial charge in [-0.1, -0.05) is 54.6 Å². The van der Waals surface area contributed by atoms with Gasteiger partial charge in [-0.25, -0.2) is 14.4 Å². The molecule has 158 valence electrons. The van der Waals surface area contributed by atoms with Crippen molar-refractivity contribution in [2.45, 2.75) is 26.1 Å². The Bertz CT molecular complexity index is 1460. The van der Waals surface area contributed by atoms with Crippen LogP contribution in [0.15, 0.2) is 72.9 Å². The summed E-state index contributed by atoms with van der Waals surface area (Å²) in [4.78, 5) is 11.5. The predicted octanol–water partition coefficient (Wildman–Crippen LogP) is 4.71. The number of imidazole rings is 1. The third kappa shape index (κ3) is 3.29. The quantitative estimate of drug-likeness (QED) is 0.455. The van der Waals surface area contributed by atoms with Gasteiger partial charge in [0.25, 0.3) is 0 Å². The zero-order valence-corrected chi connectivity index (χ0v) is 17.5. The second-order valence-electron chi connectivity index (χ2n) is 8.44. The minimum Gasteiger partial charge on any atom is -0.369 e. The highest BCUT2D eigenvalue weighted by atomic mass is 19.1. The summed E-state index contributed by atoms with van der Waals surface area (Å²) < 4.78 is 15.9. The molecule has 5 nitrogen and oxygen atoms in total. The Morgan fingerprint density at radius 2 is 1.72 bits per heavy atom. The molecule has 0 amide bonds. The van der Waals surface area contributed by atoms with E-state index in [1.54, 1.807) is 10.5 Å². The lowest BCUT2D eigenvalue weighted by atomic mass is 10.0. The van der Waals surface area contributed by atoms with E-state index < -0.39 is 0 Å². The molecule has 2 N–H and O–H groups in total. The van der Waals surface area contributed by atoms with Crippen LogP contribution in [-0.2, 0) is 26.1 Å². The molecule has 0 spiro atoms. The van der Waals surface area contributed by atoms with Gasteiger partial charge in [0.15, 0.2) is 0 Å². The second-order valence-corrected chi connectivity index (χ2v) is 8.44. The first kappa shape index (κ1) is 19.0. The smallest absolute Gasteiger partial charge is 0.206 e. The molecule has 0 saturated carbocycles. The van der Waals surface area contributed by atoms with E-state index in [4.69, 9.17) is 10.7 Å². The average molecular weight is 423 g/mol. The molecule has 3 aromatic carbocycles. The number of benzene rings is 3. The number of nitrogens with zero attached hydrogens (tertiary/aromatic N) is 4. The minimum atomic E-state index is -0.389. The van der Waals surface area contributed by atoms with Gasteiger partial charge in [0.1, 0.15) is 17.0 Å². The summed E-state index contributed by atoms with van der Waals surface area (Å²) in [6.45, 7) is 2.87. The number of anilines is 1. The summed E-state index contributed by atoms with van der Waals surface area (Å²) in [5.74, 6) is -0.151. The number of rotatable bonds is 4. The summed E-state index contributed by atoms with van der Waals surface area (Å²) >= 11 is 0. The fraction of sp³-hybridized carbons (Fsp3) is 0.154. The summed E-state index contributed by atoms with van der Waals surface area (Å²) in [7, 11) is 0. The Kier molecular flexibility index (Phi) is 4.40. The van der Waals surface area contributed by atoms with Gasteiger partial charge in [-0.05, 0) is 34.4 Å². The highest BCUT2D eigenvalue weighted by molar-refractivity contribution is 5.92. The molecule has 5 aromatic rings. The van der Waals surface area contributed by atoms with E-state index in [-0.39, 0.29) is 17.3 Å². The van der Waals surface area contributed by atoms with Crippen molar-refractivity contribution < 1.29 is 4.39 Å². The minimum absolute atomic E-state index is 0.238. The molecule has 0 aliphatic carbocycles. The van der Waals surface area contributed by atoms with Crippen molar-refractivity contribution in [1.82, 2.24) is 19.3 Å². The van der Waals surface area contributed by atoms with Crippen LogP contribution >= 0.6 is 0 Å². The largest absolute Gasteiger partial charge is 0.369 e. The lowest BCUT2D eigenvalue weighted by molar-refractivity contribution is 0.275. The zero-order valence-electron chi connectivity index (χ0n) is 17.5. The maximum Gasteiger partial charge on any atom is 0.206 e. The van der Waals surface area contributed by atoms with E-state index >= 15 is 0 Å². The summed E-state index contributed by atoms with van der Waals surface area (Å²) in [6, 6.07) is 22.2. The van der Waals surface area contributed by atoms with E-state index in [1.807, 2.05) is 12.3 Å². The average Bonchev–Trinajstić information content (AvgIpc) is 3.39. The van der Waals surface area contributed by atoms with Crippen molar-refractivity contribution in [3.05, 3.63) is 107 Å². The molecule has 2 aromatic heterocycles. The van der Waals surface area contributed by atoms with Crippen LogP contribution in [0.25, 0.3) is 16.6 Å². The van der Waals surface area contributed by atoms with E-state index in [2.05, 4.69) is 58.4 Å². The van der Waals surface area contributed by atoms with Gasteiger partial charge >= 0.3 is 0 Å². The topological polar surface area (TPSA) is 59.5 Å². The molecule has 0 bridgehead atoms. The first-order valence-electron chi connectivity index (χ1n) is 10.7. The lowest BCUT2D eigenvalue weighted by Gasteiger charge is -2.14. The second kappa shape index (κ2) is 7.43. The first-order chi connectivity index (χ1) is 15.6. The molecule has 6 heteroatoms. The molecule has 0 atom stereocenters. The Morgan fingerprint density at radius 3 is 2.59 bits per heavy atom. The molecule has 32 heavy (non-hydrogen) atoms. The van der Waals surface area contributed by atoms with Crippen molar-refractivity contribution in [2.75, 3.05) is 5.73 Å². The van der Waals surface area contributed by atoms with Crippen molar-refractivity contribution in [1.29, 1.82) is 0 Å². The Labute approximate surface area is 185 Å². The van der Waals surface area contributed by atoms with Gasteiger partial charge in [-0.15, -0.1) is 0 Å². The van der Waals surface area contributed by atoms with Gasteiger partial charge in [0.05, 0.1) is 5.69 Å². The number of hydrogen-bond donors (Lipinski definition) is 1. The molecule has 6 rings (SSSR count). The third-order valence-corrected chi connectivity index (χ3v) is 6.15. The number of nitrogens with two attached hydrogens (primary N) is 1. The van der Waals surface area contributed by atoms with Crippen LogP contribution in [0.4, 0.5) is 10.3 Å². The van der Waals surface area contributed by atoms with Crippen molar-refractivity contribution in [3.8, 4) is 0 Å². The maximum absolute atomic E-state index is 14.2. The van der Waals surface area contributed by atoms with Crippen LogP contribution in [0.2, 0.25) is 0 Å². The molecular formula is C26H22FN5. The fourth-order valence-electron chi connectivity index (χ4n) is 4.65. The summed E-state index contributed by atoms with van der Waals surface area (Å²) in [6.07, 6.45) is 2.58. The molecule has 3 heterocycles. The van der Waals surface area contributed by atoms with Crippen LogP contribution in [0.3, 0.4) is 0 Å². The standard InChI is InChI=1S/C26H22FN5/c27-23-8-4-7-22-24(23)30-26(28)32-16-21(29-25(22)32)12-18-9-10-19-14-31(15-20(19)11-18)13-17-5-2-1-3-6-17/h1-11,16H,12-15H2,(H2,28,30). The summed E-state index contributed by atoms with van der Waals surface area (Å²) in [5, 5.41) is 0.663. The lowest BCUT2D eigenvalue weighted by Crippen LogP contribution is -2.15. The third-order valence-electron chi connectivity index (χ3n) is 6.15. The van der Waals surface area contributed by atoms with E-state index in [9.17, 15) is 4.39 Å². The normalized spacial score (nSPS) is 13.8. The zero-order chi connectivity index (χ0) is 21.7. The Hall–Kier alpha value is -3.77. The van der Waals surface area contributed by atoms with Crippen LogP contribution in [-0.4, -0.2) is 19.3 Å². The SMILES string of the molecule is Nc1nc2c(F)cccc2c2nc(Cc3ccc4c(c3)CN(Cc3ccccc3)C4)cn12. The molecule has 1 aliphatic heterocycles. The first-order valence-corrected chi connectivity index (χ1v) is 10.7. The summed E-state index contributed by atoms with van der Waals surface area (Å²) in [5.41, 5.74) is 13.2. The monoisotopic (exact) mass is 423 g/mol. The van der Waals surface area contributed by atoms with Crippen molar-refractivity contribution >= 4 is 22.5 Å². The molecule has 0 saturated heterocycles. The number of halogens is 1.